The highest BCUT2D eigenvalue weighted by Gasteiger charge is 2.27. The van der Waals surface area contributed by atoms with Gasteiger partial charge in [0.1, 0.15) is 11.0 Å². The Kier molecular flexibility index (Phi) is 6.06. The van der Waals surface area contributed by atoms with Crippen LogP contribution >= 0.6 is 23.4 Å². The van der Waals surface area contributed by atoms with Crippen molar-refractivity contribution in [1.29, 1.82) is 0 Å². The van der Waals surface area contributed by atoms with Gasteiger partial charge in [-0.25, -0.2) is 9.97 Å². The van der Waals surface area contributed by atoms with E-state index in [9.17, 15) is 9.59 Å². The van der Waals surface area contributed by atoms with E-state index in [0.717, 1.165) is 11.8 Å². The predicted molar refractivity (Wildman–Crippen MR) is 89.1 cm³/mol. The van der Waals surface area contributed by atoms with Crippen molar-refractivity contribution in [3.05, 3.63) is 11.2 Å². The topological polar surface area (TPSA) is 86.6 Å². The van der Waals surface area contributed by atoms with Gasteiger partial charge in [-0.1, -0.05) is 30.3 Å². The molecule has 1 fully saturated rings. The van der Waals surface area contributed by atoms with Crippen molar-refractivity contribution in [3.63, 3.8) is 0 Å². The summed E-state index contributed by atoms with van der Waals surface area (Å²) in [6.07, 6.45) is 0.500. The molecule has 1 atom stereocenters. The number of aliphatic carboxylic acids is 1. The van der Waals surface area contributed by atoms with E-state index in [1.165, 1.54) is 0 Å². The van der Waals surface area contributed by atoms with Crippen LogP contribution in [0, 0.1) is 0 Å². The summed E-state index contributed by atoms with van der Waals surface area (Å²) in [5.41, 5.74) is 0. The maximum atomic E-state index is 11.9. The Bertz CT molecular complexity index is 601. The number of carboxylic acid groups (broad SMARTS) is 1. The molecule has 7 nitrogen and oxygen atoms in total. The highest BCUT2D eigenvalue weighted by molar-refractivity contribution is 7.99. The minimum atomic E-state index is -0.930. The molecule has 2 rings (SSSR count). The zero-order chi connectivity index (χ0) is 17.0. The highest BCUT2D eigenvalue weighted by atomic mass is 35.5. The van der Waals surface area contributed by atoms with Crippen LogP contribution in [0.3, 0.4) is 0 Å². The number of thioether (sulfide) groups is 1. The number of anilines is 1. The van der Waals surface area contributed by atoms with Gasteiger partial charge in [0.2, 0.25) is 5.91 Å². The van der Waals surface area contributed by atoms with Gasteiger partial charge >= 0.3 is 5.97 Å². The molecular formula is C14H19ClN4O3S. The lowest BCUT2D eigenvalue weighted by Crippen LogP contribution is -2.54. The van der Waals surface area contributed by atoms with Gasteiger partial charge in [-0.2, -0.15) is 0 Å². The number of carbonyl (C=O) groups excluding carboxylic acids is 1. The molecule has 0 unspecified atom stereocenters. The molecule has 126 valence electrons. The normalized spacial score (nSPS) is 18.1. The monoisotopic (exact) mass is 358 g/mol. The van der Waals surface area contributed by atoms with Crippen molar-refractivity contribution in [2.75, 3.05) is 30.3 Å². The molecule has 1 aliphatic heterocycles. The zero-order valence-electron chi connectivity index (χ0n) is 13.0. The van der Waals surface area contributed by atoms with Crippen LogP contribution in [0.15, 0.2) is 11.2 Å². The second-order valence-corrected chi connectivity index (χ2v) is 6.58. The summed E-state index contributed by atoms with van der Waals surface area (Å²) >= 11 is 7.05. The number of rotatable bonds is 5. The Hall–Kier alpha value is -1.54. The number of halogens is 1. The van der Waals surface area contributed by atoms with E-state index in [4.69, 9.17) is 16.7 Å². The Labute approximate surface area is 144 Å². The van der Waals surface area contributed by atoms with Gasteiger partial charge in [0, 0.05) is 38.2 Å². The number of piperazine rings is 1. The number of carbonyl (C=O) groups is 2. The van der Waals surface area contributed by atoms with Gasteiger partial charge in [0.05, 0.1) is 5.75 Å². The van der Waals surface area contributed by atoms with E-state index >= 15 is 0 Å². The third kappa shape index (κ3) is 4.71. The summed E-state index contributed by atoms with van der Waals surface area (Å²) < 4.78 is 0. The smallest absolute Gasteiger partial charge is 0.313 e. The fraction of sp³-hybridized carbons (Fsp3) is 0.571. The molecule has 0 spiro atoms. The summed E-state index contributed by atoms with van der Waals surface area (Å²) in [6.45, 7) is 5.81. The predicted octanol–water partition coefficient (Wildman–Crippen LogP) is 1.75. The molecule has 1 aromatic heterocycles. The van der Waals surface area contributed by atoms with Crippen molar-refractivity contribution in [2.24, 2.45) is 0 Å². The first-order chi connectivity index (χ1) is 10.9. The molecule has 23 heavy (non-hydrogen) atoms. The first-order valence-electron chi connectivity index (χ1n) is 7.34. The van der Waals surface area contributed by atoms with Crippen molar-refractivity contribution < 1.29 is 14.7 Å². The molecule has 1 aliphatic rings. The number of hydrogen-bond acceptors (Lipinski definition) is 6. The lowest BCUT2D eigenvalue weighted by Gasteiger charge is -2.40. The summed E-state index contributed by atoms with van der Waals surface area (Å²) in [5, 5.41) is 9.37. The average Bonchev–Trinajstić information content (AvgIpc) is 2.51. The molecule has 1 N–H and O–H groups in total. The molecule has 1 saturated heterocycles. The highest BCUT2D eigenvalue weighted by Crippen LogP contribution is 2.24. The molecule has 0 radical (unpaired) electrons. The first-order valence-corrected chi connectivity index (χ1v) is 8.70. The summed E-state index contributed by atoms with van der Waals surface area (Å²) in [7, 11) is 0. The van der Waals surface area contributed by atoms with Crippen LogP contribution < -0.4 is 4.90 Å². The SMILES string of the molecule is CCC(=O)N1CCN(c2cc(Cl)nc(SCC(=O)O)n2)C[C@@H]1C. The molecule has 0 aromatic carbocycles. The van der Waals surface area contributed by atoms with Crippen LogP contribution in [-0.2, 0) is 9.59 Å². The van der Waals surface area contributed by atoms with Gasteiger partial charge in [0.15, 0.2) is 5.16 Å². The van der Waals surface area contributed by atoms with E-state index in [1.807, 2.05) is 23.6 Å². The van der Waals surface area contributed by atoms with Crippen molar-refractivity contribution in [2.45, 2.75) is 31.5 Å². The Morgan fingerprint density at radius 3 is 2.78 bits per heavy atom. The molecule has 0 bridgehead atoms. The van der Waals surface area contributed by atoms with Crippen LogP contribution in [0.2, 0.25) is 5.15 Å². The van der Waals surface area contributed by atoms with Crippen LogP contribution in [0.4, 0.5) is 5.82 Å². The lowest BCUT2D eigenvalue weighted by atomic mass is 10.1. The maximum Gasteiger partial charge on any atom is 0.313 e. The van der Waals surface area contributed by atoms with E-state index in [1.54, 1.807) is 6.07 Å². The van der Waals surface area contributed by atoms with Crippen LogP contribution in [-0.4, -0.2) is 63.3 Å². The lowest BCUT2D eigenvalue weighted by molar-refractivity contribution is -0.134. The number of aromatic nitrogens is 2. The van der Waals surface area contributed by atoms with Crippen molar-refractivity contribution >= 4 is 41.1 Å². The second kappa shape index (κ2) is 7.83. The molecule has 9 heteroatoms. The Morgan fingerprint density at radius 2 is 2.17 bits per heavy atom. The molecule has 0 aliphatic carbocycles. The summed E-state index contributed by atoms with van der Waals surface area (Å²) in [5.74, 6) is -0.237. The number of nitrogens with zero attached hydrogens (tertiary/aromatic N) is 4. The third-order valence-corrected chi connectivity index (χ3v) is 4.59. The van der Waals surface area contributed by atoms with E-state index in [-0.39, 0.29) is 22.9 Å². The number of carboxylic acids is 1. The van der Waals surface area contributed by atoms with E-state index in [2.05, 4.69) is 9.97 Å². The molecular weight excluding hydrogens is 340 g/mol. The quantitative estimate of drug-likeness (QED) is 0.487. The third-order valence-electron chi connectivity index (χ3n) is 3.56. The standard InChI is InChI=1S/C14H19ClN4O3S/c1-3-12(20)19-5-4-18(7-9(19)2)11-6-10(15)16-14(17-11)23-8-13(21)22/h6,9H,3-5,7-8H2,1-2H3,(H,21,22)/t9-/m0/s1. The maximum absolute atomic E-state index is 11.9. The fourth-order valence-corrected chi connectivity index (χ4v) is 3.28. The van der Waals surface area contributed by atoms with Crippen LogP contribution in [0.5, 0.6) is 0 Å². The zero-order valence-corrected chi connectivity index (χ0v) is 14.6. The Morgan fingerprint density at radius 1 is 1.43 bits per heavy atom. The van der Waals surface area contributed by atoms with Gasteiger partial charge in [-0.3, -0.25) is 9.59 Å². The van der Waals surface area contributed by atoms with E-state index < -0.39 is 5.97 Å². The molecule has 1 aromatic rings. The van der Waals surface area contributed by atoms with Gasteiger partial charge in [-0.15, -0.1) is 0 Å². The average molecular weight is 359 g/mol. The van der Waals surface area contributed by atoms with Crippen LogP contribution in [0.25, 0.3) is 0 Å². The largest absolute Gasteiger partial charge is 0.481 e. The number of hydrogen-bond donors (Lipinski definition) is 1. The molecule has 2 heterocycles. The second-order valence-electron chi connectivity index (χ2n) is 5.25. The first kappa shape index (κ1) is 17.8. The minimum absolute atomic E-state index is 0.0834. The number of amides is 1. The fourth-order valence-electron chi connectivity index (χ4n) is 2.48. The molecule has 0 saturated carbocycles. The summed E-state index contributed by atoms with van der Waals surface area (Å²) in [6, 6.07) is 1.75. The van der Waals surface area contributed by atoms with Gasteiger partial charge < -0.3 is 14.9 Å². The minimum Gasteiger partial charge on any atom is -0.481 e. The van der Waals surface area contributed by atoms with Gasteiger partial charge in [-0.05, 0) is 6.92 Å². The van der Waals surface area contributed by atoms with Crippen LogP contribution in [0.1, 0.15) is 20.3 Å². The molecule has 1 amide bonds. The van der Waals surface area contributed by atoms with Crippen molar-refractivity contribution in [3.8, 4) is 0 Å². The van der Waals surface area contributed by atoms with Crippen molar-refractivity contribution in [1.82, 2.24) is 14.9 Å². The van der Waals surface area contributed by atoms with E-state index in [0.29, 0.717) is 37.0 Å². The Balaban J connectivity index is 2.10. The van der Waals surface area contributed by atoms with Gasteiger partial charge in [0.25, 0.3) is 0 Å². The summed E-state index contributed by atoms with van der Waals surface area (Å²) in [4.78, 5) is 34.9.